The fraction of sp³-hybridized carbons (Fsp3) is 0.385. The van der Waals surface area contributed by atoms with Crippen molar-refractivity contribution in [1.82, 2.24) is 10.2 Å². The van der Waals surface area contributed by atoms with E-state index < -0.39 is 0 Å². The van der Waals surface area contributed by atoms with Crippen LogP contribution in [-0.4, -0.2) is 16.2 Å². The van der Waals surface area contributed by atoms with E-state index >= 15 is 0 Å². The van der Waals surface area contributed by atoms with Crippen molar-refractivity contribution in [3.05, 3.63) is 30.5 Å². The van der Waals surface area contributed by atoms with E-state index in [9.17, 15) is 0 Å². The van der Waals surface area contributed by atoms with E-state index in [1.807, 2.05) is 31.2 Å². The van der Waals surface area contributed by atoms with Crippen molar-refractivity contribution < 1.29 is 0 Å². The maximum Gasteiger partial charge on any atom is 0.203 e. The number of hydrogen-bond donors (Lipinski definition) is 0. The minimum absolute atomic E-state index is 0.191. The van der Waals surface area contributed by atoms with Crippen LogP contribution < -0.4 is 0 Å². The SMILES string of the molecule is CC(C)C(C)N=Nc1nncc2ccccc12. The Bertz CT molecular complexity index is 528. The molecule has 2 rings (SSSR count). The predicted molar refractivity (Wildman–Crippen MR) is 68.4 cm³/mol. The Labute approximate surface area is 101 Å². The molecule has 17 heavy (non-hydrogen) atoms. The standard InChI is InChI=1S/C13H16N4/c1-9(2)10(3)15-17-13-12-7-5-4-6-11(12)8-14-16-13/h4-10H,1-3H3. The van der Waals surface area contributed by atoms with E-state index in [0.29, 0.717) is 11.7 Å². The Morgan fingerprint density at radius 3 is 2.65 bits per heavy atom. The topological polar surface area (TPSA) is 50.5 Å². The first-order valence-electron chi connectivity index (χ1n) is 5.80. The van der Waals surface area contributed by atoms with Crippen LogP contribution in [0.4, 0.5) is 5.82 Å². The summed E-state index contributed by atoms with van der Waals surface area (Å²) in [6, 6.07) is 8.11. The summed E-state index contributed by atoms with van der Waals surface area (Å²) in [4.78, 5) is 0. The van der Waals surface area contributed by atoms with Gasteiger partial charge < -0.3 is 0 Å². The first-order chi connectivity index (χ1) is 8.18. The van der Waals surface area contributed by atoms with Gasteiger partial charge in [0.2, 0.25) is 5.82 Å². The molecule has 0 aliphatic rings. The molecule has 0 N–H and O–H groups in total. The number of rotatable bonds is 3. The van der Waals surface area contributed by atoms with E-state index in [4.69, 9.17) is 0 Å². The first kappa shape index (κ1) is 11.6. The average molecular weight is 228 g/mol. The molecule has 0 spiro atoms. The van der Waals surface area contributed by atoms with Crippen LogP contribution in [0.1, 0.15) is 20.8 Å². The van der Waals surface area contributed by atoms with Gasteiger partial charge >= 0.3 is 0 Å². The largest absolute Gasteiger partial charge is 0.203 e. The zero-order valence-electron chi connectivity index (χ0n) is 10.3. The van der Waals surface area contributed by atoms with Gasteiger partial charge in [-0.05, 0) is 12.8 Å². The van der Waals surface area contributed by atoms with E-state index in [1.54, 1.807) is 6.20 Å². The summed E-state index contributed by atoms with van der Waals surface area (Å²) in [5, 5.41) is 18.5. The minimum atomic E-state index is 0.191. The summed E-state index contributed by atoms with van der Waals surface area (Å²) in [6.45, 7) is 6.30. The van der Waals surface area contributed by atoms with Crippen LogP contribution in [0.5, 0.6) is 0 Å². The molecule has 1 heterocycles. The van der Waals surface area contributed by atoms with Crippen molar-refractivity contribution in [2.24, 2.45) is 16.1 Å². The molecule has 2 aromatic rings. The molecule has 0 amide bonds. The molecule has 1 unspecified atom stereocenters. The lowest BCUT2D eigenvalue weighted by atomic mass is 10.1. The van der Waals surface area contributed by atoms with Gasteiger partial charge in [0.05, 0.1) is 12.2 Å². The Balaban J connectivity index is 2.36. The zero-order chi connectivity index (χ0) is 12.3. The van der Waals surface area contributed by atoms with Crippen LogP contribution in [0, 0.1) is 5.92 Å². The van der Waals surface area contributed by atoms with Crippen LogP contribution in [0.2, 0.25) is 0 Å². The number of nitrogens with zero attached hydrogens (tertiary/aromatic N) is 4. The Hall–Kier alpha value is -1.84. The zero-order valence-corrected chi connectivity index (χ0v) is 10.3. The fourth-order valence-corrected chi connectivity index (χ4v) is 1.37. The summed E-state index contributed by atoms with van der Waals surface area (Å²) in [5.74, 6) is 1.07. The second-order valence-electron chi connectivity index (χ2n) is 4.46. The summed E-state index contributed by atoms with van der Waals surface area (Å²) < 4.78 is 0. The van der Waals surface area contributed by atoms with Crippen molar-refractivity contribution in [2.75, 3.05) is 0 Å². The lowest BCUT2D eigenvalue weighted by Crippen LogP contribution is -2.05. The molecule has 1 aromatic carbocycles. The molecule has 0 saturated carbocycles. The highest BCUT2D eigenvalue weighted by Crippen LogP contribution is 2.22. The van der Waals surface area contributed by atoms with Gasteiger partial charge in [0.25, 0.3) is 0 Å². The van der Waals surface area contributed by atoms with Gasteiger partial charge in [-0.25, -0.2) is 0 Å². The molecule has 0 fully saturated rings. The van der Waals surface area contributed by atoms with E-state index in [0.717, 1.165) is 10.8 Å². The minimum Gasteiger partial charge on any atom is -0.184 e. The van der Waals surface area contributed by atoms with Crippen LogP contribution in [0.3, 0.4) is 0 Å². The van der Waals surface area contributed by atoms with Gasteiger partial charge in [-0.3, -0.25) is 0 Å². The van der Waals surface area contributed by atoms with Crippen molar-refractivity contribution in [2.45, 2.75) is 26.8 Å². The highest BCUT2D eigenvalue weighted by atomic mass is 15.2. The van der Waals surface area contributed by atoms with Gasteiger partial charge in [-0.2, -0.15) is 10.2 Å². The molecule has 88 valence electrons. The third-order valence-electron chi connectivity index (χ3n) is 2.85. The van der Waals surface area contributed by atoms with Crippen molar-refractivity contribution in [3.8, 4) is 0 Å². The van der Waals surface area contributed by atoms with E-state index in [-0.39, 0.29) is 6.04 Å². The molecular formula is C13H16N4. The summed E-state index contributed by atoms with van der Waals surface area (Å²) in [6.07, 6.45) is 1.74. The fourth-order valence-electron chi connectivity index (χ4n) is 1.37. The summed E-state index contributed by atoms with van der Waals surface area (Å²) in [7, 11) is 0. The quantitative estimate of drug-likeness (QED) is 0.751. The number of azo groups is 1. The molecule has 4 nitrogen and oxygen atoms in total. The number of hydrogen-bond acceptors (Lipinski definition) is 4. The lowest BCUT2D eigenvalue weighted by Gasteiger charge is -2.07. The molecule has 4 heteroatoms. The van der Waals surface area contributed by atoms with Gasteiger partial charge in [0.1, 0.15) is 0 Å². The van der Waals surface area contributed by atoms with Gasteiger partial charge in [0.15, 0.2) is 0 Å². The van der Waals surface area contributed by atoms with Crippen LogP contribution in [0.15, 0.2) is 40.7 Å². The second-order valence-corrected chi connectivity index (χ2v) is 4.46. The van der Waals surface area contributed by atoms with Gasteiger partial charge in [-0.15, -0.1) is 10.2 Å². The Kier molecular flexibility index (Phi) is 3.42. The highest BCUT2D eigenvalue weighted by molar-refractivity contribution is 5.89. The molecule has 0 aliphatic heterocycles. The second kappa shape index (κ2) is 4.99. The lowest BCUT2D eigenvalue weighted by molar-refractivity contribution is 0.513. The van der Waals surface area contributed by atoms with Gasteiger partial charge in [-0.1, -0.05) is 38.1 Å². The number of fused-ring (bicyclic) bond motifs is 1. The number of benzene rings is 1. The first-order valence-corrected chi connectivity index (χ1v) is 5.80. The molecular weight excluding hydrogens is 212 g/mol. The summed E-state index contributed by atoms with van der Waals surface area (Å²) >= 11 is 0. The maximum atomic E-state index is 4.27. The monoisotopic (exact) mass is 228 g/mol. The van der Waals surface area contributed by atoms with Crippen molar-refractivity contribution in [3.63, 3.8) is 0 Å². The average Bonchev–Trinajstić information content (AvgIpc) is 2.35. The summed E-state index contributed by atoms with van der Waals surface area (Å²) in [5.41, 5.74) is 0. The van der Waals surface area contributed by atoms with E-state index in [2.05, 4.69) is 34.3 Å². The third kappa shape index (κ3) is 2.64. The molecule has 1 aromatic heterocycles. The van der Waals surface area contributed by atoms with Crippen LogP contribution in [-0.2, 0) is 0 Å². The van der Waals surface area contributed by atoms with Gasteiger partial charge in [0, 0.05) is 10.8 Å². The molecule has 0 saturated heterocycles. The Morgan fingerprint density at radius 1 is 1.12 bits per heavy atom. The molecule has 0 bridgehead atoms. The van der Waals surface area contributed by atoms with Crippen LogP contribution in [0.25, 0.3) is 10.8 Å². The molecule has 0 radical (unpaired) electrons. The number of aromatic nitrogens is 2. The smallest absolute Gasteiger partial charge is 0.184 e. The highest BCUT2D eigenvalue weighted by Gasteiger charge is 2.06. The Morgan fingerprint density at radius 2 is 1.88 bits per heavy atom. The van der Waals surface area contributed by atoms with E-state index in [1.165, 1.54) is 0 Å². The van der Waals surface area contributed by atoms with Crippen LogP contribution >= 0.6 is 0 Å². The van der Waals surface area contributed by atoms with Crippen molar-refractivity contribution >= 4 is 16.6 Å². The van der Waals surface area contributed by atoms with Crippen molar-refractivity contribution in [1.29, 1.82) is 0 Å². The third-order valence-corrected chi connectivity index (χ3v) is 2.85. The normalized spacial score (nSPS) is 13.6. The molecule has 0 aliphatic carbocycles. The molecule has 1 atom stereocenters. The predicted octanol–water partition coefficient (Wildman–Crippen LogP) is 3.76. The maximum absolute atomic E-state index is 4.27.